The number of nitrogens with one attached hydrogen (secondary N) is 1. The Balaban J connectivity index is 2.28. The van der Waals surface area contributed by atoms with Crippen LogP contribution in [0.25, 0.3) is 16.8 Å². The molecule has 4 nitrogen and oxygen atoms in total. The van der Waals surface area contributed by atoms with Crippen LogP contribution in [0.1, 0.15) is 5.69 Å². The fourth-order valence-electron chi connectivity index (χ4n) is 2.36. The Bertz CT molecular complexity index is 759. The summed E-state index contributed by atoms with van der Waals surface area (Å²) in [4.78, 5) is 4.50. The fourth-order valence-corrected chi connectivity index (χ4v) is 3.18. The average molecular weight is 325 g/mol. The lowest BCUT2D eigenvalue weighted by Crippen LogP contribution is -2.12. The van der Waals surface area contributed by atoms with Crippen molar-refractivity contribution in [3.8, 4) is 0 Å². The molecule has 0 aliphatic rings. The van der Waals surface area contributed by atoms with Gasteiger partial charge in [-0.1, -0.05) is 0 Å². The van der Waals surface area contributed by atoms with Crippen LogP contribution < -0.4 is 5.32 Å². The van der Waals surface area contributed by atoms with Crippen molar-refractivity contribution >= 4 is 32.7 Å². The first-order chi connectivity index (χ1) is 9.13. The van der Waals surface area contributed by atoms with Crippen molar-refractivity contribution in [2.45, 2.75) is 6.42 Å². The molecule has 0 saturated heterocycles. The van der Waals surface area contributed by atoms with Gasteiger partial charge in [0.05, 0.1) is 16.7 Å². The van der Waals surface area contributed by atoms with Crippen LogP contribution in [-0.2, 0) is 13.5 Å². The maximum atomic E-state index is 13.2. The van der Waals surface area contributed by atoms with Crippen LogP contribution in [-0.4, -0.2) is 27.5 Å². The second kappa shape index (κ2) is 4.61. The van der Waals surface area contributed by atoms with Gasteiger partial charge in [-0.2, -0.15) is 0 Å². The summed E-state index contributed by atoms with van der Waals surface area (Å²) in [5.41, 5.74) is 2.75. The van der Waals surface area contributed by atoms with Crippen LogP contribution in [0, 0.1) is 5.82 Å². The highest BCUT2D eigenvalue weighted by Crippen LogP contribution is 2.27. The zero-order chi connectivity index (χ0) is 13.6. The zero-order valence-electron chi connectivity index (χ0n) is 10.7. The van der Waals surface area contributed by atoms with Crippen LogP contribution in [0.3, 0.4) is 0 Å². The smallest absolute Gasteiger partial charge is 0.215 e. The molecule has 0 spiro atoms. The quantitative estimate of drug-likeness (QED) is 0.803. The summed E-state index contributed by atoms with van der Waals surface area (Å²) < 4.78 is 18.3. The molecular formula is C13H14BrFN4. The van der Waals surface area contributed by atoms with Gasteiger partial charge in [0.2, 0.25) is 5.78 Å². The van der Waals surface area contributed by atoms with E-state index in [-0.39, 0.29) is 5.82 Å². The Labute approximate surface area is 118 Å². The van der Waals surface area contributed by atoms with E-state index < -0.39 is 0 Å². The lowest BCUT2D eigenvalue weighted by atomic mass is 10.3. The first-order valence-corrected chi connectivity index (χ1v) is 6.88. The highest BCUT2D eigenvalue weighted by molar-refractivity contribution is 9.10. The number of likely N-dealkylation sites (N-methyl/N-ethyl adjacent to an activating group) is 1. The highest BCUT2D eigenvalue weighted by atomic mass is 79.9. The second-order valence-corrected chi connectivity index (χ2v) is 5.28. The van der Waals surface area contributed by atoms with Gasteiger partial charge in [0.15, 0.2) is 0 Å². The maximum Gasteiger partial charge on any atom is 0.215 e. The topological polar surface area (TPSA) is 34.3 Å². The number of aryl methyl sites for hydroxylation is 1. The number of benzene rings is 1. The Morgan fingerprint density at radius 3 is 2.95 bits per heavy atom. The highest BCUT2D eigenvalue weighted by Gasteiger charge is 2.17. The van der Waals surface area contributed by atoms with E-state index in [0.717, 1.165) is 28.9 Å². The van der Waals surface area contributed by atoms with Gasteiger partial charge in [-0.3, -0.25) is 4.40 Å². The summed E-state index contributed by atoms with van der Waals surface area (Å²) in [6.45, 7) is 0.895. The summed E-state index contributed by atoms with van der Waals surface area (Å²) >= 11 is 3.63. The first-order valence-electron chi connectivity index (χ1n) is 6.09. The van der Waals surface area contributed by atoms with Crippen LogP contribution in [0.15, 0.2) is 22.8 Å². The lowest BCUT2D eigenvalue weighted by Gasteiger charge is -2.02. The van der Waals surface area contributed by atoms with Crippen molar-refractivity contribution < 1.29 is 4.39 Å². The van der Waals surface area contributed by atoms with E-state index in [1.165, 1.54) is 17.8 Å². The minimum absolute atomic E-state index is 0.262. The molecule has 3 aromatic rings. The van der Waals surface area contributed by atoms with Crippen LogP contribution in [0.2, 0.25) is 0 Å². The van der Waals surface area contributed by atoms with Crippen molar-refractivity contribution in [2.75, 3.05) is 13.6 Å². The molecule has 0 atom stereocenters. The molecule has 0 amide bonds. The molecule has 0 aliphatic heterocycles. The van der Waals surface area contributed by atoms with E-state index >= 15 is 0 Å². The summed E-state index contributed by atoms with van der Waals surface area (Å²) in [7, 11) is 3.91. The molecule has 100 valence electrons. The molecule has 0 radical (unpaired) electrons. The number of hydrogen-bond acceptors (Lipinski definition) is 2. The maximum absolute atomic E-state index is 13.2. The third-order valence-electron chi connectivity index (χ3n) is 3.35. The first kappa shape index (κ1) is 12.6. The molecule has 6 heteroatoms. The van der Waals surface area contributed by atoms with Gasteiger partial charge in [-0.25, -0.2) is 9.37 Å². The van der Waals surface area contributed by atoms with Crippen LogP contribution >= 0.6 is 15.9 Å². The van der Waals surface area contributed by atoms with Crippen LogP contribution in [0.4, 0.5) is 4.39 Å². The van der Waals surface area contributed by atoms with Gasteiger partial charge >= 0.3 is 0 Å². The summed E-state index contributed by atoms with van der Waals surface area (Å²) in [5, 5.41) is 3.14. The Hall–Kier alpha value is -1.40. The number of fused-ring (bicyclic) bond motifs is 3. The van der Waals surface area contributed by atoms with Gasteiger partial charge in [-0.15, -0.1) is 0 Å². The normalized spacial score (nSPS) is 11.8. The molecule has 0 fully saturated rings. The molecule has 0 aliphatic carbocycles. The molecule has 1 aromatic carbocycles. The molecule has 0 unspecified atom stereocenters. The number of rotatable bonds is 3. The fraction of sp³-hybridized carbons (Fsp3) is 0.308. The third kappa shape index (κ3) is 1.86. The Morgan fingerprint density at radius 1 is 1.42 bits per heavy atom. The number of imidazole rings is 2. The number of aromatic nitrogens is 3. The lowest BCUT2D eigenvalue weighted by molar-refractivity contribution is 0.629. The third-order valence-corrected chi connectivity index (χ3v) is 4.16. The molecule has 2 heterocycles. The van der Waals surface area contributed by atoms with Gasteiger partial charge in [-0.05, 0) is 35.1 Å². The predicted octanol–water partition coefficient (Wildman–Crippen LogP) is 2.49. The van der Waals surface area contributed by atoms with E-state index in [0.29, 0.717) is 5.52 Å². The van der Waals surface area contributed by atoms with Gasteiger partial charge < -0.3 is 9.88 Å². The zero-order valence-corrected chi connectivity index (χ0v) is 12.3. The van der Waals surface area contributed by atoms with Crippen LogP contribution in [0.5, 0.6) is 0 Å². The number of hydrogen-bond donors (Lipinski definition) is 1. The minimum atomic E-state index is -0.262. The number of halogens is 2. The van der Waals surface area contributed by atoms with E-state index in [2.05, 4.69) is 26.2 Å². The van der Waals surface area contributed by atoms with E-state index in [1.54, 1.807) is 6.07 Å². The number of nitrogens with zero attached hydrogens (tertiary/aromatic N) is 3. The monoisotopic (exact) mass is 324 g/mol. The minimum Gasteiger partial charge on any atom is -0.319 e. The van der Waals surface area contributed by atoms with Crippen molar-refractivity contribution in [2.24, 2.45) is 7.05 Å². The molecule has 0 bridgehead atoms. The van der Waals surface area contributed by atoms with Gasteiger partial charge in [0, 0.05) is 26.1 Å². The molecule has 19 heavy (non-hydrogen) atoms. The van der Waals surface area contributed by atoms with E-state index in [4.69, 9.17) is 0 Å². The van der Waals surface area contributed by atoms with Gasteiger partial charge in [0.1, 0.15) is 10.4 Å². The SMILES string of the molecule is CNCCc1c(Br)n2c3ccc(F)cc3nc2n1C. The summed E-state index contributed by atoms with van der Waals surface area (Å²) in [6.07, 6.45) is 0.902. The van der Waals surface area contributed by atoms with E-state index in [1.807, 2.05) is 23.1 Å². The molecule has 1 N–H and O–H groups in total. The largest absolute Gasteiger partial charge is 0.319 e. The van der Waals surface area contributed by atoms with Crippen molar-refractivity contribution in [3.63, 3.8) is 0 Å². The summed E-state index contributed by atoms with van der Waals surface area (Å²) in [5.74, 6) is 0.556. The Kier molecular flexibility index (Phi) is 3.06. The van der Waals surface area contributed by atoms with E-state index in [9.17, 15) is 4.39 Å². The molecule has 3 rings (SSSR count). The molecular weight excluding hydrogens is 311 g/mol. The molecule has 2 aromatic heterocycles. The summed E-state index contributed by atoms with van der Waals surface area (Å²) in [6, 6.07) is 4.68. The van der Waals surface area contributed by atoms with Crippen molar-refractivity contribution in [3.05, 3.63) is 34.3 Å². The van der Waals surface area contributed by atoms with Gasteiger partial charge in [0.25, 0.3) is 0 Å². The van der Waals surface area contributed by atoms with Crippen molar-refractivity contribution in [1.82, 2.24) is 19.3 Å². The second-order valence-electron chi connectivity index (χ2n) is 4.53. The molecule has 0 saturated carbocycles. The average Bonchev–Trinajstić information content (AvgIpc) is 2.85. The standard InChI is InChI=1S/C13H14BrFN4/c1-16-6-5-11-12(14)19-10-4-3-8(15)7-9(10)17-13(19)18(11)2/h3-4,7,16H,5-6H2,1-2H3. The van der Waals surface area contributed by atoms with Crippen molar-refractivity contribution in [1.29, 1.82) is 0 Å². The predicted molar refractivity (Wildman–Crippen MR) is 77.0 cm³/mol. The Morgan fingerprint density at radius 2 is 2.21 bits per heavy atom.